The quantitative estimate of drug-likeness (QED) is 0.687. The van der Waals surface area contributed by atoms with Gasteiger partial charge in [0.2, 0.25) is 0 Å². The zero-order valence-corrected chi connectivity index (χ0v) is 12.3. The molecule has 3 rings (SSSR count). The molecule has 3 aliphatic rings. The molecule has 1 saturated carbocycles. The molecular formula is C15H22O5. The molecule has 0 bridgehead atoms. The first-order valence-corrected chi connectivity index (χ1v) is 7.48. The summed E-state index contributed by atoms with van der Waals surface area (Å²) in [6.07, 6.45) is 2.07. The fraction of sp³-hybridized carbons (Fsp3) is 0.867. The Hall–Kier alpha value is -1.10. The molecule has 2 saturated heterocycles. The number of cyclic esters (lactones) is 1. The van der Waals surface area contributed by atoms with Gasteiger partial charge in [-0.3, -0.25) is 9.59 Å². The number of carbonyl (C=O) groups excluding carboxylic acids is 2. The van der Waals surface area contributed by atoms with Crippen molar-refractivity contribution in [3.63, 3.8) is 0 Å². The first-order valence-electron chi connectivity index (χ1n) is 7.48. The summed E-state index contributed by atoms with van der Waals surface area (Å²) in [6, 6.07) is 0. The summed E-state index contributed by atoms with van der Waals surface area (Å²) in [7, 11) is 0. The van der Waals surface area contributed by atoms with Gasteiger partial charge in [-0.1, -0.05) is 13.8 Å². The van der Waals surface area contributed by atoms with Crippen molar-refractivity contribution < 1.29 is 23.8 Å². The zero-order chi connectivity index (χ0) is 14.5. The molecule has 0 aromatic rings. The number of ether oxygens (including phenoxy) is 3. The second-order valence-corrected chi connectivity index (χ2v) is 6.43. The monoisotopic (exact) mass is 282 g/mol. The molecule has 5 nitrogen and oxygen atoms in total. The van der Waals surface area contributed by atoms with Crippen LogP contribution in [0.5, 0.6) is 0 Å². The third kappa shape index (κ3) is 1.79. The summed E-state index contributed by atoms with van der Waals surface area (Å²) in [5, 5.41) is 0. The normalized spacial score (nSPS) is 47.1. The van der Waals surface area contributed by atoms with Gasteiger partial charge in [-0.2, -0.15) is 0 Å². The fourth-order valence-electron chi connectivity index (χ4n) is 4.47. The van der Waals surface area contributed by atoms with Crippen molar-refractivity contribution in [2.75, 3.05) is 6.61 Å². The number of esters is 2. The Morgan fingerprint density at radius 2 is 2.00 bits per heavy atom. The largest absolute Gasteiger partial charge is 0.422 e. The summed E-state index contributed by atoms with van der Waals surface area (Å²) in [4.78, 5) is 23.4. The molecule has 0 aromatic heterocycles. The van der Waals surface area contributed by atoms with Gasteiger partial charge in [0.05, 0.1) is 5.92 Å². The summed E-state index contributed by atoms with van der Waals surface area (Å²) in [6.45, 7) is 6.10. The van der Waals surface area contributed by atoms with Crippen LogP contribution >= 0.6 is 0 Å². The molecule has 0 aromatic carbocycles. The molecule has 0 amide bonds. The van der Waals surface area contributed by atoms with Crippen LogP contribution in [0.2, 0.25) is 0 Å². The molecule has 0 N–H and O–H groups in total. The Morgan fingerprint density at radius 1 is 1.25 bits per heavy atom. The minimum Gasteiger partial charge on any atom is -0.422 e. The third-order valence-corrected chi connectivity index (χ3v) is 5.40. The van der Waals surface area contributed by atoms with Gasteiger partial charge in [0, 0.05) is 25.4 Å². The van der Waals surface area contributed by atoms with Gasteiger partial charge < -0.3 is 14.2 Å². The number of hydrogen-bond acceptors (Lipinski definition) is 5. The SMILES string of the molecule is CC(=O)O[C@H]1OC(=O)[C@H](C)C2CC[C@@H](C)[C@@H]3CCO[C@]213. The van der Waals surface area contributed by atoms with E-state index in [9.17, 15) is 9.59 Å². The second-order valence-electron chi connectivity index (χ2n) is 6.43. The van der Waals surface area contributed by atoms with Crippen molar-refractivity contribution in [2.45, 2.75) is 51.9 Å². The highest BCUT2D eigenvalue weighted by atomic mass is 16.7. The second kappa shape index (κ2) is 4.72. The average molecular weight is 282 g/mol. The van der Waals surface area contributed by atoms with Crippen LogP contribution in [0.15, 0.2) is 0 Å². The summed E-state index contributed by atoms with van der Waals surface area (Å²) >= 11 is 0. The van der Waals surface area contributed by atoms with Crippen molar-refractivity contribution >= 4 is 11.9 Å². The van der Waals surface area contributed by atoms with Crippen LogP contribution in [0.1, 0.15) is 40.0 Å². The molecule has 5 heteroatoms. The standard InChI is InChI=1S/C15H22O5/c1-8-4-5-12-9(2)13(17)20-14(19-10(3)16)15(12)11(8)6-7-18-15/h8-9,11-12,14H,4-7H2,1-3H3/t8-,9-,11+,12?,14+,15-/m1/s1. The van der Waals surface area contributed by atoms with E-state index in [0.29, 0.717) is 18.4 Å². The lowest BCUT2D eigenvalue weighted by atomic mass is 9.59. The number of hydrogen-bond donors (Lipinski definition) is 0. The summed E-state index contributed by atoms with van der Waals surface area (Å²) in [5.41, 5.74) is -0.628. The van der Waals surface area contributed by atoms with Gasteiger partial charge in [-0.25, -0.2) is 0 Å². The molecule has 2 aliphatic heterocycles. The van der Waals surface area contributed by atoms with Crippen LogP contribution < -0.4 is 0 Å². The Kier molecular flexibility index (Phi) is 3.27. The predicted octanol–water partition coefficient (Wildman–Crippen LogP) is 1.89. The van der Waals surface area contributed by atoms with Crippen LogP contribution in [-0.2, 0) is 23.8 Å². The lowest BCUT2D eigenvalue weighted by Crippen LogP contribution is -2.65. The maximum absolute atomic E-state index is 12.0. The van der Waals surface area contributed by atoms with E-state index in [2.05, 4.69) is 6.92 Å². The lowest BCUT2D eigenvalue weighted by molar-refractivity contribution is -0.291. The van der Waals surface area contributed by atoms with Crippen LogP contribution in [0, 0.1) is 23.7 Å². The van der Waals surface area contributed by atoms with E-state index >= 15 is 0 Å². The maximum atomic E-state index is 12.0. The third-order valence-electron chi connectivity index (χ3n) is 5.40. The number of rotatable bonds is 1. The van der Waals surface area contributed by atoms with E-state index in [1.165, 1.54) is 6.92 Å². The first-order chi connectivity index (χ1) is 9.46. The van der Waals surface area contributed by atoms with Crippen LogP contribution in [0.4, 0.5) is 0 Å². The topological polar surface area (TPSA) is 61.8 Å². The van der Waals surface area contributed by atoms with Crippen LogP contribution in [0.3, 0.4) is 0 Å². The van der Waals surface area contributed by atoms with E-state index in [1.54, 1.807) is 0 Å². The van der Waals surface area contributed by atoms with E-state index < -0.39 is 17.9 Å². The lowest BCUT2D eigenvalue weighted by Gasteiger charge is -2.54. The molecule has 1 aliphatic carbocycles. The van der Waals surface area contributed by atoms with Crippen LogP contribution in [-0.4, -0.2) is 30.4 Å². The average Bonchev–Trinajstić information content (AvgIpc) is 2.82. The highest BCUT2D eigenvalue weighted by molar-refractivity contribution is 5.74. The minimum absolute atomic E-state index is 0.0804. The van der Waals surface area contributed by atoms with E-state index in [0.717, 1.165) is 19.3 Å². The Bertz CT molecular complexity index is 434. The van der Waals surface area contributed by atoms with E-state index in [4.69, 9.17) is 14.2 Å². The van der Waals surface area contributed by atoms with Crippen molar-refractivity contribution in [3.8, 4) is 0 Å². The van der Waals surface area contributed by atoms with Crippen molar-refractivity contribution in [2.24, 2.45) is 23.7 Å². The van der Waals surface area contributed by atoms with Gasteiger partial charge in [0.25, 0.3) is 6.29 Å². The maximum Gasteiger partial charge on any atom is 0.312 e. The molecule has 2 heterocycles. The molecular weight excluding hydrogens is 260 g/mol. The highest BCUT2D eigenvalue weighted by Crippen LogP contribution is 2.56. The van der Waals surface area contributed by atoms with Gasteiger partial charge in [0.1, 0.15) is 5.60 Å². The minimum atomic E-state index is -0.885. The molecule has 1 spiro atoms. The van der Waals surface area contributed by atoms with Gasteiger partial charge in [-0.05, 0) is 25.2 Å². The predicted molar refractivity (Wildman–Crippen MR) is 69.5 cm³/mol. The van der Waals surface area contributed by atoms with E-state index in [1.807, 2.05) is 6.92 Å². The van der Waals surface area contributed by atoms with E-state index in [-0.39, 0.29) is 17.8 Å². The molecule has 1 unspecified atom stereocenters. The zero-order valence-electron chi connectivity index (χ0n) is 12.3. The summed E-state index contributed by atoms with van der Waals surface area (Å²) in [5.74, 6) is -0.0442. The van der Waals surface area contributed by atoms with Crippen LogP contribution in [0.25, 0.3) is 0 Å². The first kappa shape index (κ1) is 13.9. The smallest absolute Gasteiger partial charge is 0.312 e. The highest BCUT2D eigenvalue weighted by Gasteiger charge is 2.66. The van der Waals surface area contributed by atoms with Crippen molar-refractivity contribution in [3.05, 3.63) is 0 Å². The summed E-state index contributed by atoms with van der Waals surface area (Å²) < 4.78 is 16.8. The molecule has 6 atom stereocenters. The Labute approximate surface area is 118 Å². The van der Waals surface area contributed by atoms with Crippen molar-refractivity contribution in [1.82, 2.24) is 0 Å². The van der Waals surface area contributed by atoms with Gasteiger partial charge in [-0.15, -0.1) is 0 Å². The number of carbonyl (C=O) groups is 2. The van der Waals surface area contributed by atoms with Gasteiger partial charge >= 0.3 is 11.9 Å². The molecule has 0 radical (unpaired) electrons. The molecule has 20 heavy (non-hydrogen) atoms. The van der Waals surface area contributed by atoms with Gasteiger partial charge in [0.15, 0.2) is 0 Å². The Morgan fingerprint density at radius 3 is 2.70 bits per heavy atom. The van der Waals surface area contributed by atoms with Crippen molar-refractivity contribution in [1.29, 1.82) is 0 Å². The molecule has 3 fully saturated rings. The Balaban J connectivity index is 2.01. The fourth-order valence-corrected chi connectivity index (χ4v) is 4.47. The molecule has 112 valence electrons.